The van der Waals surface area contributed by atoms with Crippen LogP contribution in [0.2, 0.25) is 6.32 Å². The monoisotopic (exact) mass is 495 g/mol. The molecule has 0 fully saturated rings. The third-order valence-electron chi connectivity index (χ3n) is 5.63. The minimum Gasteiger partial charge on any atom is -0.210 e. The average molecular weight is 495 g/mol. The molecule has 0 unspecified atom stereocenters. The fraction of sp³-hybridized carbons (Fsp3) is 0.0909. The van der Waals surface area contributed by atoms with Gasteiger partial charge in [-0.2, -0.15) is 5.46 Å². The molecule has 0 bridgehead atoms. The van der Waals surface area contributed by atoms with Crippen molar-refractivity contribution in [2.75, 3.05) is 0 Å². The van der Waals surface area contributed by atoms with Gasteiger partial charge in [0.1, 0.15) is 29.4 Å². The number of hydrogen-bond acceptors (Lipinski definition) is 0. The molecule has 12 heteroatoms. The minimum atomic E-state index is -4.40. The summed E-state index contributed by atoms with van der Waals surface area (Å²) in [5.41, 5.74) is -4.93. The molecule has 0 atom stereocenters. The van der Waals surface area contributed by atoms with Crippen molar-refractivity contribution in [1.29, 1.82) is 0 Å². The van der Waals surface area contributed by atoms with Crippen LogP contribution in [-0.2, 0) is 0 Å². The van der Waals surface area contributed by atoms with Gasteiger partial charge >= 0.3 is 0 Å². The fourth-order valence-corrected chi connectivity index (χ4v) is 4.14. The van der Waals surface area contributed by atoms with Crippen molar-refractivity contribution in [3.8, 4) is 0 Å². The van der Waals surface area contributed by atoms with Crippen molar-refractivity contribution in [3.05, 3.63) is 100 Å². The summed E-state index contributed by atoms with van der Waals surface area (Å²) in [6, 6.07) is 3.32. The standard InChI is InChI=1S/C22H11BF11/c1-2-3-8-23(9-6-4-5-7-10(9)24,11-13(25)17(29)21(33)18(30)14(11)26)12-15(27)19(31)22(34)20(32)16(12)28/h2-7H,8H2,1H3/q-1/b3-2+. The van der Waals surface area contributed by atoms with E-state index < -0.39 is 92.8 Å². The summed E-state index contributed by atoms with van der Waals surface area (Å²) in [4.78, 5) is 0. The van der Waals surface area contributed by atoms with E-state index in [9.17, 15) is 30.7 Å². The van der Waals surface area contributed by atoms with Crippen LogP contribution in [0.5, 0.6) is 0 Å². The van der Waals surface area contributed by atoms with Gasteiger partial charge < -0.3 is 0 Å². The van der Waals surface area contributed by atoms with E-state index >= 15 is 17.6 Å². The first-order valence-corrected chi connectivity index (χ1v) is 9.50. The highest BCUT2D eigenvalue weighted by Gasteiger charge is 2.44. The maximum atomic E-state index is 15.0. The van der Waals surface area contributed by atoms with E-state index in [0.29, 0.717) is 12.1 Å². The molecule has 0 aliphatic carbocycles. The van der Waals surface area contributed by atoms with Crippen molar-refractivity contribution < 1.29 is 48.3 Å². The molecular formula is C22H11BF11-. The van der Waals surface area contributed by atoms with Gasteiger partial charge in [0.25, 0.3) is 0 Å². The number of hydrogen-bond donors (Lipinski definition) is 0. The molecule has 0 nitrogen and oxygen atoms in total. The largest absolute Gasteiger partial charge is 0.210 e. The lowest BCUT2D eigenvalue weighted by molar-refractivity contribution is 0.381. The summed E-state index contributed by atoms with van der Waals surface area (Å²) in [5, 5.41) is 0. The van der Waals surface area contributed by atoms with Crippen LogP contribution in [0.1, 0.15) is 6.92 Å². The molecule has 0 saturated heterocycles. The Hall–Kier alpha value is -3.31. The van der Waals surface area contributed by atoms with E-state index in [1.54, 1.807) is 0 Å². The molecule has 3 aromatic carbocycles. The zero-order valence-corrected chi connectivity index (χ0v) is 16.9. The molecule has 0 N–H and O–H groups in total. The van der Waals surface area contributed by atoms with E-state index in [-0.39, 0.29) is 0 Å². The molecule has 0 radical (unpaired) electrons. The quantitative estimate of drug-likeness (QED) is 0.149. The van der Waals surface area contributed by atoms with Gasteiger partial charge in [-0.05, 0) is 13.0 Å². The molecular weight excluding hydrogens is 484 g/mol. The van der Waals surface area contributed by atoms with Gasteiger partial charge in [-0.1, -0.05) is 24.3 Å². The van der Waals surface area contributed by atoms with Gasteiger partial charge in [0, 0.05) is 0 Å². The first kappa shape index (κ1) is 25.3. The summed E-state index contributed by atoms with van der Waals surface area (Å²) in [6.07, 6.45) is -3.49. The Bertz CT molecular complexity index is 1190. The van der Waals surface area contributed by atoms with Crippen molar-refractivity contribution in [1.82, 2.24) is 0 Å². The topological polar surface area (TPSA) is 0 Å². The van der Waals surface area contributed by atoms with Gasteiger partial charge in [-0.3, -0.25) is 0 Å². The highest BCUT2D eigenvalue weighted by Crippen LogP contribution is 2.27. The second-order valence-corrected chi connectivity index (χ2v) is 7.34. The van der Waals surface area contributed by atoms with Gasteiger partial charge in [-0.25, -0.2) is 48.3 Å². The molecule has 0 aromatic heterocycles. The van der Waals surface area contributed by atoms with Crippen LogP contribution in [0.25, 0.3) is 0 Å². The number of benzene rings is 3. The molecule has 0 amide bonds. The predicted molar refractivity (Wildman–Crippen MR) is 103 cm³/mol. The first-order valence-electron chi connectivity index (χ1n) is 9.50. The van der Waals surface area contributed by atoms with Crippen LogP contribution in [0.4, 0.5) is 48.3 Å². The summed E-state index contributed by atoms with van der Waals surface area (Å²) in [6.45, 7) is 1.28. The van der Waals surface area contributed by atoms with Crippen LogP contribution in [-0.4, -0.2) is 6.15 Å². The molecule has 0 aliphatic heterocycles. The lowest BCUT2D eigenvalue weighted by Crippen LogP contribution is -2.71. The molecule has 0 saturated carbocycles. The smallest absolute Gasteiger partial charge is 0.200 e. The highest BCUT2D eigenvalue weighted by molar-refractivity contribution is 7.12. The summed E-state index contributed by atoms with van der Waals surface area (Å²) in [5.74, 6) is -27.4. The number of allylic oxidation sites excluding steroid dienone is 2. The van der Waals surface area contributed by atoms with E-state index in [0.717, 1.165) is 24.3 Å². The molecule has 180 valence electrons. The second kappa shape index (κ2) is 9.15. The van der Waals surface area contributed by atoms with Crippen molar-refractivity contribution in [2.24, 2.45) is 0 Å². The molecule has 0 heterocycles. The Balaban J connectivity index is 2.75. The van der Waals surface area contributed by atoms with Gasteiger partial charge in [0.15, 0.2) is 34.9 Å². The van der Waals surface area contributed by atoms with Crippen molar-refractivity contribution in [2.45, 2.75) is 13.2 Å². The Morgan fingerprint density at radius 2 is 0.912 bits per heavy atom. The summed E-state index contributed by atoms with van der Waals surface area (Å²) < 4.78 is 159. The Labute approximate surface area is 185 Å². The molecule has 3 aromatic rings. The normalized spacial score (nSPS) is 12.1. The van der Waals surface area contributed by atoms with E-state index in [4.69, 9.17) is 0 Å². The van der Waals surface area contributed by atoms with E-state index in [1.807, 2.05) is 0 Å². The maximum absolute atomic E-state index is 15.0. The third kappa shape index (κ3) is 3.55. The van der Waals surface area contributed by atoms with Crippen LogP contribution in [0.3, 0.4) is 0 Å². The van der Waals surface area contributed by atoms with Crippen LogP contribution < -0.4 is 16.4 Å². The van der Waals surface area contributed by atoms with Gasteiger partial charge in [-0.15, -0.1) is 23.3 Å². The Morgan fingerprint density at radius 3 is 1.26 bits per heavy atom. The minimum absolute atomic E-state index is 0.625. The Morgan fingerprint density at radius 1 is 0.559 bits per heavy atom. The summed E-state index contributed by atoms with van der Waals surface area (Å²) >= 11 is 0. The molecule has 0 spiro atoms. The second-order valence-electron chi connectivity index (χ2n) is 7.34. The zero-order chi connectivity index (χ0) is 25.5. The van der Waals surface area contributed by atoms with Crippen molar-refractivity contribution >= 4 is 22.5 Å². The third-order valence-corrected chi connectivity index (χ3v) is 5.63. The van der Waals surface area contributed by atoms with Gasteiger partial charge in [0.05, 0.1) is 5.82 Å². The highest BCUT2D eigenvalue weighted by atomic mass is 19.2. The first-order chi connectivity index (χ1) is 15.9. The SMILES string of the molecule is C/C=C/C[B-](c1ccccc1F)(c1c(F)c(F)c(F)c(F)c1F)c1c(F)c(F)c(F)c(F)c1F. The molecule has 34 heavy (non-hydrogen) atoms. The number of halogens is 11. The van der Waals surface area contributed by atoms with Crippen LogP contribution in [0, 0.1) is 64.0 Å². The van der Waals surface area contributed by atoms with Crippen LogP contribution >= 0.6 is 0 Å². The Kier molecular flexibility index (Phi) is 6.81. The fourth-order valence-electron chi connectivity index (χ4n) is 4.14. The number of rotatable bonds is 5. The van der Waals surface area contributed by atoms with E-state index in [1.165, 1.54) is 6.92 Å². The lowest BCUT2D eigenvalue weighted by Gasteiger charge is -2.43. The average Bonchev–Trinajstić information content (AvgIpc) is 2.82. The van der Waals surface area contributed by atoms with Crippen molar-refractivity contribution in [3.63, 3.8) is 0 Å². The molecule has 0 aliphatic rings. The zero-order valence-electron chi connectivity index (χ0n) is 16.9. The van der Waals surface area contributed by atoms with Crippen LogP contribution in [0.15, 0.2) is 36.4 Å². The lowest BCUT2D eigenvalue weighted by atomic mass is 9.13. The van der Waals surface area contributed by atoms with Gasteiger partial charge in [0.2, 0.25) is 0 Å². The summed E-state index contributed by atoms with van der Waals surface area (Å²) in [7, 11) is 0. The molecule has 3 rings (SSSR count). The maximum Gasteiger partial charge on any atom is 0.200 e. The van der Waals surface area contributed by atoms with E-state index in [2.05, 4.69) is 0 Å². The predicted octanol–water partition coefficient (Wildman–Crippen LogP) is 5.26.